The fourth-order valence-electron chi connectivity index (χ4n) is 4.50. The molecular weight excluding hydrogens is 438 g/mol. The van der Waals surface area contributed by atoms with Crippen molar-refractivity contribution in [1.29, 1.82) is 0 Å². The van der Waals surface area contributed by atoms with Crippen LogP contribution in [0.5, 0.6) is 0 Å². The molecule has 4 nitrogen and oxygen atoms in total. The predicted molar refractivity (Wildman–Crippen MR) is 137 cm³/mol. The molecule has 1 N–H and O–H groups in total. The molecule has 0 radical (unpaired) electrons. The van der Waals surface area contributed by atoms with Crippen molar-refractivity contribution in [3.63, 3.8) is 0 Å². The highest BCUT2D eigenvalue weighted by molar-refractivity contribution is 6.60. The molecule has 196 valence electrons. The first kappa shape index (κ1) is 34.5. The molecular formula is C26H58ClNO3Si. The third-order valence-corrected chi connectivity index (χ3v) is 9.55. The average molecular weight is 496 g/mol. The molecule has 0 saturated heterocycles. The van der Waals surface area contributed by atoms with Gasteiger partial charge in [-0.05, 0) is 25.7 Å². The van der Waals surface area contributed by atoms with E-state index in [1.807, 2.05) is 0 Å². The van der Waals surface area contributed by atoms with Crippen molar-refractivity contribution in [2.45, 2.75) is 129 Å². The Morgan fingerprint density at radius 1 is 0.469 bits per heavy atom. The van der Waals surface area contributed by atoms with Crippen LogP contribution in [0.1, 0.15) is 123 Å². The zero-order chi connectivity index (χ0) is 23.0. The molecule has 0 aromatic heterocycles. The summed E-state index contributed by atoms with van der Waals surface area (Å²) in [5.41, 5.74) is 0. The number of quaternary nitrogens is 1. The van der Waals surface area contributed by atoms with Gasteiger partial charge in [0.05, 0.1) is 19.6 Å². The van der Waals surface area contributed by atoms with Crippen LogP contribution in [-0.4, -0.2) is 49.8 Å². The number of unbranched alkanes of at least 4 members (excludes halogenated alkanes) is 14. The van der Waals surface area contributed by atoms with Gasteiger partial charge in [-0.1, -0.05) is 90.9 Å². The predicted octanol–water partition coefficient (Wildman–Crippen LogP) is 3.42. The van der Waals surface area contributed by atoms with Gasteiger partial charge in [0.25, 0.3) is 0 Å². The van der Waals surface area contributed by atoms with Crippen molar-refractivity contribution in [3.8, 4) is 0 Å². The summed E-state index contributed by atoms with van der Waals surface area (Å²) in [5.74, 6) is 0. The van der Waals surface area contributed by atoms with E-state index in [9.17, 15) is 0 Å². The molecule has 0 heterocycles. The molecule has 0 saturated carbocycles. The van der Waals surface area contributed by atoms with Crippen molar-refractivity contribution in [2.24, 2.45) is 0 Å². The first-order chi connectivity index (χ1) is 15.2. The second-order valence-electron chi connectivity index (χ2n) is 9.35. The number of hydrogen-bond donors (Lipinski definition) is 1. The van der Waals surface area contributed by atoms with E-state index in [1.165, 1.54) is 122 Å². The molecule has 0 aliphatic heterocycles. The Bertz CT molecular complexity index is 332. The number of nitrogens with one attached hydrogen (secondary N) is 1. The molecule has 0 amide bonds. The molecule has 0 aliphatic carbocycles. The van der Waals surface area contributed by atoms with E-state index in [4.69, 9.17) is 13.3 Å². The number of halogens is 1. The molecule has 6 heteroatoms. The Balaban J connectivity index is 0. The molecule has 0 aromatic rings. The van der Waals surface area contributed by atoms with E-state index in [0.717, 1.165) is 12.5 Å². The van der Waals surface area contributed by atoms with Crippen LogP contribution in [0.25, 0.3) is 0 Å². The highest BCUT2D eigenvalue weighted by Gasteiger charge is 2.37. The van der Waals surface area contributed by atoms with Crippen molar-refractivity contribution in [3.05, 3.63) is 0 Å². The smallest absolute Gasteiger partial charge is 0.500 e. The Kier molecular flexibility index (Phi) is 28.0. The van der Waals surface area contributed by atoms with Crippen molar-refractivity contribution in [2.75, 3.05) is 41.0 Å². The van der Waals surface area contributed by atoms with Crippen molar-refractivity contribution in [1.82, 2.24) is 0 Å². The highest BCUT2D eigenvalue weighted by Crippen LogP contribution is 2.14. The summed E-state index contributed by atoms with van der Waals surface area (Å²) in [5, 5.41) is 0. The second kappa shape index (κ2) is 26.0. The van der Waals surface area contributed by atoms with Crippen LogP contribution in [0.3, 0.4) is 0 Å². The van der Waals surface area contributed by atoms with Crippen molar-refractivity contribution >= 4 is 8.80 Å². The van der Waals surface area contributed by atoms with Gasteiger partial charge in [-0.3, -0.25) is 0 Å². The van der Waals surface area contributed by atoms with E-state index < -0.39 is 8.80 Å². The number of rotatable bonds is 25. The van der Waals surface area contributed by atoms with Crippen LogP contribution in [0.4, 0.5) is 0 Å². The monoisotopic (exact) mass is 495 g/mol. The molecule has 0 rings (SSSR count). The van der Waals surface area contributed by atoms with Crippen LogP contribution in [0.2, 0.25) is 6.04 Å². The van der Waals surface area contributed by atoms with E-state index in [0.29, 0.717) is 0 Å². The molecule has 0 fully saturated rings. The number of hydrogen-bond acceptors (Lipinski definition) is 3. The summed E-state index contributed by atoms with van der Waals surface area (Å²) in [4.78, 5) is 1.78. The van der Waals surface area contributed by atoms with E-state index in [2.05, 4.69) is 13.8 Å². The van der Waals surface area contributed by atoms with E-state index >= 15 is 0 Å². The topological polar surface area (TPSA) is 32.1 Å². The molecule has 0 spiro atoms. The first-order valence-corrected chi connectivity index (χ1v) is 15.6. The van der Waals surface area contributed by atoms with E-state index in [1.54, 1.807) is 26.2 Å². The van der Waals surface area contributed by atoms with Gasteiger partial charge in [-0.25, -0.2) is 0 Å². The van der Waals surface area contributed by atoms with Gasteiger partial charge >= 0.3 is 8.80 Å². The fourth-order valence-corrected chi connectivity index (χ4v) is 6.23. The lowest BCUT2D eigenvalue weighted by Gasteiger charge is -2.25. The summed E-state index contributed by atoms with van der Waals surface area (Å²) in [6, 6.07) is 0.925. The highest BCUT2D eigenvalue weighted by atomic mass is 35.5. The van der Waals surface area contributed by atoms with Crippen LogP contribution >= 0.6 is 0 Å². The Morgan fingerprint density at radius 2 is 0.781 bits per heavy atom. The van der Waals surface area contributed by atoms with E-state index in [-0.39, 0.29) is 12.4 Å². The fraction of sp³-hybridized carbons (Fsp3) is 1.00. The standard InChI is InChI=1S/C26H57NO3Si.ClH/c1-6-8-10-12-14-16-18-20-23-27(24-21-19-17-15-13-11-9-7-2)25-22-26-31(28-3,29-4)30-5;/h6-26H2,1-5H3;1H. The molecule has 0 bridgehead atoms. The minimum absolute atomic E-state index is 0. The van der Waals surface area contributed by atoms with Gasteiger partial charge in [0.15, 0.2) is 0 Å². The van der Waals surface area contributed by atoms with Crippen LogP contribution in [0, 0.1) is 0 Å². The lowest BCUT2D eigenvalue weighted by Crippen LogP contribution is -3.12. The summed E-state index contributed by atoms with van der Waals surface area (Å²) >= 11 is 0. The average Bonchev–Trinajstić information content (AvgIpc) is 2.80. The molecule has 0 aromatic carbocycles. The summed E-state index contributed by atoms with van der Waals surface area (Å²) in [7, 11) is 2.76. The Morgan fingerprint density at radius 3 is 1.12 bits per heavy atom. The van der Waals surface area contributed by atoms with Crippen molar-refractivity contribution < 1.29 is 30.6 Å². The maximum atomic E-state index is 5.61. The summed E-state index contributed by atoms with van der Waals surface area (Å²) < 4.78 is 16.8. The second-order valence-corrected chi connectivity index (χ2v) is 12.4. The molecule has 0 atom stereocenters. The summed E-state index contributed by atoms with van der Waals surface area (Å²) in [6.07, 6.45) is 23.6. The van der Waals surface area contributed by atoms with Crippen LogP contribution in [0.15, 0.2) is 0 Å². The minimum atomic E-state index is -2.42. The third kappa shape index (κ3) is 19.8. The van der Waals surface area contributed by atoms with Gasteiger partial charge in [0, 0.05) is 33.8 Å². The van der Waals surface area contributed by atoms with Gasteiger partial charge in [-0.15, -0.1) is 0 Å². The Hall–Kier alpha value is 0.347. The maximum Gasteiger partial charge on any atom is 0.500 e. The van der Waals surface area contributed by atoms with Gasteiger partial charge in [0.2, 0.25) is 0 Å². The zero-order valence-electron chi connectivity index (χ0n) is 22.5. The van der Waals surface area contributed by atoms with Crippen LogP contribution < -0.4 is 17.3 Å². The molecule has 0 unspecified atom stereocenters. The largest absolute Gasteiger partial charge is 1.00 e. The zero-order valence-corrected chi connectivity index (χ0v) is 24.2. The normalized spacial score (nSPS) is 11.8. The third-order valence-electron chi connectivity index (χ3n) is 6.71. The van der Waals surface area contributed by atoms with Gasteiger partial charge in [0.1, 0.15) is 0 Å². The molecule has 32 heavy (non-hydrogen) atoms. The first-order valence-electron chi connectivity index (χ1n) is 13.7. The minimum Gasteiger partial charge on any atom is -1.00 e. The SMILES string of the molecule is CCCCCCCCCC[NH+](CCCCCCCCCC)CCC[Si](OC)(OC)OC.[Cl-]. The molecule has 0 aliphatic rings. The lowest BCUT2D eigenvalue weighted by molar-refractivity contribution is -0.900. The van der Waals surface area contributed by atoms with Gasteiger partial charge in [-0.2, -0.15) is 0 Å². The lowest BCUT2D eigenvalue weighted by atomic mass is 10.1. The van der Waals surface area contributed by atoms with Gasteiger partial charge < -0.3 is 30.6 Å². The maximum absolute atomic E-state index is 5.61. The Labute approximate surface area is 209 Å². The quantitative estimate of drug-likeness (QED) is 0.155. The summed E-state index contributed by atoms with van der Waals surface area (Å²) in [6.45, 7) is 8.46. The van der Waals surface area contributed by atoms with Crippen LogP contribution in [-0.2, 0) is 13.3 Å².